The van der Waals surface area contributed by atoms with E-state index in [2.05, 4.69) is 32.7 Å². The average molecular weight is 494 g/mol. The molecular weight excluding hydrogens is 458 g/mol. The standard InChI is InChI=1S/C27H35N5O4/c1-36-23-9-7-19(15-29-23)22(12-24(33)34)31-26(35)20-13-27(14-20)16-32(17-27)11-3-5-21-8-6-18-4-2-10-28-25(18)30-21/h6-9,15,20,22H,2-5,10-14,16-17H2,1H3,(H,28,30)(H,31,35)(H,33,34). The van der Waals surface area contributed by atoms with E-state index in [9.17, 15) is 14.7 Å². The van der Waals surface area contributed by atoms with Gasteiger partial charge in [-0.15, -0.1) is 0 Å². The highest BCUT2D eigenvalue weighted by molar-refractivity contribution is 5.81. The van der Waals surface area contributed by atoms with Crippen LogP contribution in [-0.2, 0) is 22.4 Å². The van der Waals surface area contributed by atoms with Gasteiger partial charge >= 0.3 is 5.97 Å². The number of ether oxygens (including phenoxy) is 1. The van der Waals surface area contributed by atoms with Gasteiger partial charge in [0.05, 0.1) is 19.6 Å². The fraction of sp³-hybridized carbons (Fsp3) is 0.556. The van der Waals surface area contributed by atoms with Crippen LogP contribution in [0.3, 0.4) is 0 Å². The third kappa shape index (κ3) is 5.46. The molecule has 3 N–H and O–H groups in total. The SMILES string of the molecule is COc1ccc(C(CC(=O)O)NC(=O)C2CC3(C2)CN(CCCc2ccc4c(n2)NCCC4)C3)cn1. The van der Waals surface area contributed by atoms with Crippen molar-refractivity contribution in [3.63, 3.8) is 0 Å². The lowest BCUT2D eigenvalue weighted by Crippen LogP contribution is -2.64. The number of amides is 1. The molecule has 2 aliphatic heterocycles. The van der Waals surface area contributed by atoms with Crippen molar-refractivity contribution < 1.29 is 19.4 Å². The van der Waals surface area contributed by atoms with Crippen LogP contribution in [0.25, 0.3) is 0 Å². The molecule has 5 rings (SSSR count). The summed E-state index contributed by atoms with van der Waals surface area (Å²) in [5.74, 6) is 0.438. The Bertz CT molecular complexity index is 1090. The number of fused-ring (bicyclic) bond motifs is 1. The molecule has 1 amide bonds. The van der Waals surface area contributed by atoms with E-state index in [4.69, 9.17) is 9.72 Å². The molecule has 1 unspecified atom stereocenters. The number of carboxylic acid groups (broad SMARTS) is 1. The highest BCUT2D eigenvalue weighted by Crippen LogP contribution is 2.52. The maximum absolute atomic E-state index is 12.9. The first-order valence-corrected chi connectivity index (χ1v) is 12.9. The number of hydrogen-bond acceptors (Lipinski definition) is 7. The van der Waals surface area contributed by atoms with Crippen LogP contribution < -0.4 is 15.4 Å². The number of rotatable bonds is 10. The second-order valence-corrected chi connectivity index (χ2v) is 10.6. The van der Waals surface area contributed by atoms with Gasteiger partial charge in [-0.05, 0) is 67.7 Å². The van der Waals surface area contributed by atoms with Gasteiger partial charge in [0.2, 0.25) is 11.8 Å². The Hall–Kier alpha value is -3.20. The highest BCUT2D eigenvalue weighted by atomic mass is 16.5. The quantitative estimate of drug-likeness (QED) is 0.463. The lowest BCUT2D eigenvalue weighted by molar-refractivity contribution is -0.145. The van der Waals surface area contributed by atoms with Crippen LogP contribution in [-0.4, -0.2) is 65.1 Å². The van der Waals surface area contributed by atoms with Crippen LogP contribution >= 0.6 is 0 Å². The summed E-state index contributed by atoms with van der Waals surface area (Å²) in [5.41, 5.74) is 3.40. The second-order valence-electron chi connectivity index (χ2n) is 10.6. The maximum atomic E-state index is 12.9. The van der Waals surface area contributed by atoms with Gasteiger partial charge in [-0.2, -0.15) is 0 Å². The first-order chi connectivity index (χ1) is 17.4. The predicted octanol–water partition coefficient (Wildman–Crippen LogP) is 2.82. The Morgan fingerprint density at radius 3 is 2.83 bits per heavy atom. The minimum atomic E-state index is -0.960. The number of hydrogen-bond donors (Lipinski definition) is 3. The van der Waals surface area contributed by atoms with E-state index in [1.165, 1.54) is 19.1 Å². The molecule has 0 radical (unpaired) electrons. The molecule has 9 nitrogen and oxygen atoms in total. The van der Waals surface area contributed by atoms with Crippen molar-refractivity contribution in [2.45, 2.75) is 51.0 Å². The zero-order valence-electron chi connectivity index (χ0n) is 20.8. The Kier molecular flexibility index (Phi) is 7.09. The van der Waals surface area contributed by atoms with Gasteiger partial charge in [-0.1, -0.05) is 12.1 Å². The van der Waals surface area contributed by atoms with Gasteiger partial charge in [0.25, 0.3) is 0 Å². The number of nitrogens with one attached hydrogen (secondary N) is 2. The largest absolute Gasteiger partial charge is 0.481 e. The number of likely N-dealkylation sites (tertiary alicyclic amines) is 1. The average Bonchev–Trinajstić information content (AvgIpc) is 2.83. The molecule has 192 valence electrons. The molecular formula is C27H35N5O4. The van der Waals surface area contributed by atoms with Gasteiger partial charge in [0.15, 0.2) is 0 Å². The molecule has 1 atom stereocenters. The zero-order chi connectivity index (χ0) is 25.1. The van der Waals surface area contributed by atoms with Crippen molar-refractivity contribution in [3.8, 4) is 5.88 Å². The molecule has 2 aromatic heterocycles. The van der Waals surface area contributed by atoms with Crippen LogP contribution in [0.1, 0.15) is 55.0 Å². The summed E-state index contributed by atoms with van der Waals surface area (Å²) in [6.45, 7) is 4.14. The Labute approximate surface area is 211 Å². The third-order valence-corrected chi connectivity index (χ3v) is 7.77. The fourth-order valence-corrected chi connectivity index (χ4v) is 5.92. The molecule has 1 saturated carbocycles. The topological polar surface area (TPSA) is 117 Å². The van der Waals surface area contributed by atoms with Gasteiger partial charge in [-0.25, -0.2) is 9.97 Å². The molecule has 1 saturated heterocycles. The number of aliphatic carboxylic acids is 1. The van der Waals surface area contributed by atoms with E-state index >= 15 is 0 Å². The molecule has 2 aromatic rings. The van der Waals surface area contributed by atoms with Crippen LogP contribution in [0.2, 0.25) is 0 Å². The van der Waals surface area contributed by atoms with E-state index in [0.717, 1.165) is 69.8 Å². The van der Waals surface area contributed by atoms with Crippen molar-refractivity contribution in [2.75, 3.05) is 38.6 Å². The van der Waals surface area contributed by atoms with E-state index < -0.39 is 12.0 Å². The number of methoxy groups -OCH3 is 1. The monoisotopic (exact) mass is 493 g/mol. The number of carbonyl (C=O) groups is 2. The minimum absolute atomic E-state index is 0.0538. The summed E-state index contributed by atoms with van der Waals surface area (Å²) >= 11 is 0. The predicted molar refractivity (Wildman–Crippen MR) is 135 cm³/mol. The van der Waals surface area contributed by atoms with Crippen LogP contribution in [0.5, 0.6) is 5.88 Å². The second kappa shape index (κ2) is 10.4. The molecule has 2 fully saturated rings. The van der Waals surface area contributed by atoms with E-state index in [-0.39, 0.29) is 23.7 Å². The fourth-order valence-electron chi connectivity index (χ4n) is 5.92. The Balaban J connectivity index is 1.05. The number of nitrogens with zero attached hydrogens (tertiary/aromatic N) is 3. The summed E-state index contributed by atoms with van der Waals surface area (Å²) in [6, 6.07) is 7.21. The lowest BCUT2D eigenvalue weighted by Gasteiger charge is -2.59. The zero-order valence-corrected chi connectivity index (χ0v) is 20.8. The molecule has 4 heterocycles. The first kappa shape index (κ1) is 24.5. The molecule has 0 aromatic carbocycles. The van der Waals surface area contributed by atoms with Gasteiger partial charge in [0, 0.05) is 43.5 Å². The summed E-state index contributed by atoms with van der Waals surface area (Å²) in [7, 11) is 1.52. The number of aryl methyl sites for hydroxylation is 2. The number of pyridine rings is 2. The van der Waals surface area contributed by atoms with Crippen LogP contribution in [0, 0.1) is 11.3 Å². The summed E-state index contributed by atoms with van der Waals surface area (Å²) in [6.07, 6.45) is 7.48. The number of anilines is 1. The first-order valence-electron chi connectivity index (χ1n) is 12.9. The number of aromatic nitrogens is 2. The Morgan fingerprint density at radius 1 is 1.28 bits per heavy atom. The molecule has 1 spiro atoms. The highest BCUT2D eigenvalue weighted by Gasteiger charge is 2.54. The smallest absolute Gasteiger partial charge is 0.305 e. The van der Waals surface area contributed by atoms with Gasteiger partial charge in [0.1, 0.15) is 5.82 Å². The van der Waals surface area contributed by atoms with Crippen molar-refractivity contribution in [1.29, 1.82) is 0 Å². The van der Waals surface area contributed by atoms with Gasteiger partial charge < -0.3 is 25.4 Å². The van der Waals surface area contributed by atoms with Crippen molar-refractivity contribution in [1.82, 2.24) is 20.2 Å². The lowest BCUT2D eigenvalue weighted by atomic mass is 9.57. The van der Waals surface area contributed by atoms with Gasteiger partial charge in [-0.3, -0.25) is 9.59 Å². The summed E-state index contributed by atoms with van der Waals surface area (Å²) in [5, 5.41) is 15.7. The summed E-state index contributed by atoms with van der Waals surface area (Å²) < 4.78 is 5.07. The number of carboxylic acids is 1. The van der Waals surface area contributed by atoms with Crippen molar-refractivity contribution >= 4 is 17.7 Å². The molecule has 1 aliphatic carbocycles. The summed E-state index contributed by atoms with van der Waals surface area (Å²) in [4.78, 5) is 35.7. The maximum Gasteiger partial charge on any atom is 0.305 e. The molecule has 9 heteroatoms. The normalized spacial score (nSPS) is 19.4. The van der Waals surface area contributed by atoms with E-state index in [0.29, 0.717) is 11.4 Å². The molecule has 3 aliphatic rings. The minimum Gasteiger partial charge on any atom is -0.481 e. The van der Waals surface area contributed by atoms with Crippen molar-refractivity contribution in [2.24, 2.45) is 11.3 Å². The van der Waals surface area contributed by atoms with Crippen LogP contribution in [0.15, 0.2) is 30.5 Å². The Morgan fingerprint density at radius 2 is 2.11 bits per heavy atom. The third-order valence-electron chi connectivity index (χ3n) is 7.77. The van der Waals surface area contributed by atoms with Crippen molar-refractivity contribution in [3.05, 3.63) is 47.3 Å². The molecule has 36 heavy (non-hydrogen) atoms. The van der Waals surface area contributed by atoms with E-state index in [1.54, 1.807) is 18.3 Å². The number of carbonyl (C=O) groups excluding carboxylic acids is 1. The van der Waals surface area contributed by atoms with Crippen LogP contribution in [0.4, 0.5) is 5.82 Å². The van der Waals surface area contributed by atoms with E-state index in [1.807, 2.05) is 0 Å². The molecule has 0 bridgehead atoms.